The molecule has 0 atom stereocenters. The summed E-state index contributed by atoms with van der Waals surface area (Å²) >= 11 is 0. The first-order valence-electron chi connectivity index (χ1n) is 4.26. The van der Waals surface area contributed by atoms with E-state index in [1.165, 1.54) is 0 Å². The molecule has 0 aliphatic carbocycles. The van der Waals surface area contributed by atoms with Crippen molar-refractivity contribution < 1.29 is 9.84 Å². The summed E-state index contributed by atoms with van der Waals surface area (Å²) in [4.78, 5) is 0. The molecule has 0 unspecified atom stereocenters. The third kappa shape index (κ3) is 3.40. The number of aliphatic hydroxyl groups excluding tert-OH is 1. The van der Waals surface area contributed by atoms with Crippen molar-refractivity contribution in [1.82, 2.24) is 0 Å². The molecule has 1 N–H and O–H groups in total. The zero-order valence-electron chi connectivity index (χ0n) is 7.57. The highest BCUT2D eigenvalue weighted by atomic mass is 16.6. The summed E-state index contributed by atoms with van der Waals surface area (Å²) in [6.07, 6.45) is 0.755. The molecule has 0 aliphatic heterocycles. The van der Waals surface area contributed by atoms with Crippen molar-refractivity contribution in [2.75, 3.05) is 13.4 Å². The van der Waals surface area contributed by atoms with Gasteiger partial charge in [-0.15, -0.1) is 0 Å². The molecule has 0 bridgehead atoms. The molecule has 2 heteroatoms. The zero-order valence-corrected chi connectivity index (χ0v) is 7.57. The predicted molar refractivity (Wildman–Crippen MR) is 53.1 cm³/mol. The summed E-state index contributed by atoms with van der Waals surface area (Å²) in [5.74, 6) is 0. The average Bonchev–Trinajstić information content (AvgIpc) is 2.19. The van der Waals surface area contributed by atoms with E-state index in [4.69, 9.17) is 9.84 Å². The molecule has 1 rings (SSSR count). The van der Waals surface area contributed by atoms with E-state index in [0.29, 0.717) is 6.61 Å². The summed E-state index contributed by atoms with van der Waals surface area (Å²) in [7, 11) is 0. The first kappa shape index (κ1) is 9.96. The van der Waals surface area contributed by atoms with Crippen LogP contribution in [0.5, 0.6) is 0 Å². The van der Waals surface area contributed by atoms with Crippen LogP contribution >= 0.6 is 0 Å². The summed E-state index contributed by atoms with van der Waals surface area (Å²) < 4.78 is 4.82. The van der Waals surface area contributed by atoms with Gasteiger partial charge in [0, 0.05) is 0 Å². The van der Waals surface area contributed by atoms with Gasteiger partial charge in [-0.3, -0.25) is 0 Å². The normalized spacial score (nSPS) is 9.92. The maximum Gasteiger partial charge on any atom is 0.143 e. The summed E-state index contributed by atoms with van der Waals surface area (Å²) in [6, 6.07) is 9.96. The molecule has 0 radical (unpaired) electrons. The molecule has 0 saturated carbocycles. The zero-order chi connectivity index (χ0) is 9.52. The Kier molecular flexibility index (Phi) is 4.23. The molecule has 70 valence electrons. The second kappa shape index (κ2) is 5.51. The Bertz CT molecular complexity index is 254. The summed E-state index contributed by atoms with van der Waals surface area (Å²) in [5, 5.41) is 8.40. The first-order chi connectivity index (χ1) is 6.34. The lowest BCUT2D eigenvalue weighted by Gasteiger charge is -2.04. The topological polar surface area (TPSA) is 29.5 Å². The number of ether oxygens (including phenoxy) is 1. The van der Waals surface area contributed by atoms with Crippen molar-refractivity contribution in [1.29, 1.82) is 0 Å². The van der Waals surface area contributed by atoms with Crippen molar-refractivity contribution in [2.45, 2.75) is 6.42 Å². The third-order valence-corrected chi connectivity index (χ3v) is 1.82. The molecule has 1 aromatic rings. The number of rotatable bonds is 5. The van der Waals surface area contributed by atoms with Crippen molar-refractivity contribution >= 4 is 5.57 Å². The van der Waals surface area contributed by atoms with Gasteiger partial charge in [-0.2, -0.15) is 0 Å². The Balaban J connectivity index is 2.40. The van der Waals surface area contributed by atoms with Crippen LogP contribution in [0, 0.1) is 0 Å². The van der Waals surface area contributed by atoms with Crippen molar-refractivity contribution in [3.63, 3.8) is 0 Å². The summed E-state index contributed by atoms with van der Waals surface area (Å²) in [5.41, 5.74) is 2.16. The van der Waals surface area contributed by atoms with Gasteiger partial charge >= 0.3 is 0 Å². The molecule has 0 heterocycles. The minimum atomic E-state index is -0.220. The molecule has 0 spiro atoms. The quantitative estimate of drug-likeness (QED) is 0.552. The number of aliphatic hydroxyl groups is 1. The van der Waals surface area contributed by atoms with Crippen LogP contribution in [-0.4, -0.2) is 18.5 Å². The lowest BCUT2D eigenvalue weighted by molar-refractivity contribution is 0.00162. The standard InChI is InChI=1S/C11H14O2/c1-10(7-8-13-9-12)11-5-3-2-4-6-11/h2-6,12H,1,7-9H2. The molecule has 0 fully saturated rings. The van der Waals surface area contributed by atoms with Gasteiger partial charge in [-0.25, -0.2) is 0 Å². The van der Waals surface area contributed by atoms with Crippen LogP contribution < -0.4 is 0 Å². The van der Waals surface area contributed by atoms with Crippen LogP contribution in [0.25, 0.3) is 5.57 Å². The molecular weight excluding hydrogens is 164 g/mol. The van der Waals surface area contributed by atoms with Gasteiger partial charge in [0.05, 0.1) is 6.61 Å². The van der Waals surface area contributed by atoms with Gasteiger partial charge in [0.15, 0.2) is 0 Å². The molecule has 2 nitrogen and oxygen atoms in total. The second-order valence-corrected chi connectivity index (χ2v) is 2.76. The molecular formula is C11H14O2. The van der Waals surface area contributed by atoms with Gasteiger partial charge in [0.25, 0.3) is 0 Å². The Labute approximate surface area is 78.5 Å². The molecule has 1 aromatic carbocycles. The van der Waals surface area contributed by atoms with E-state index in [1.54, 1.807) is 0 Å². The fraction of sp³-hybridized carbons (Fsp3) is 0.273. The Morgan fingerprint density at radius 2 is 2.00 bits per heavy atom. The first-order valence-corrected chi connectivity index (χ1v) is 4.26. The van der Waals surface area contributed by atoms with E-state index in [0.717, 1.165) is 17.6 Å². The molecule has 13 heavy (non-hydrogen) atoms. The smallest absolute Gasteiger partial charge is 0.143 e. The van der Waals surface area contributed by atoms with Crippen LogP contribution in [0.3, 0.4) is 0 Å². The fourth-order valence-corrected chi connectivity index (χ4v) is 1.08. The molecule has 0 aromatic heterocycles. The summed E-state index contributed by atoms with van der Waals surface area (Å²) in [6.45, 7) is 4.23. The predicted octanol–water partition coefficient (Wildman–Crippen LogP) is 2.06. The van der Waals surface area contributed by atoms with Crippen molar-refractivity contribution in [2.24, 2.45) is 0 Å². The number of benzene rings is 1. The minimum Gasteiger partial charge on any atom is -0.371 e. The molecule has 0 aliphatic rings. The lowest BCUT2D eigenvalue weighted by Crippen LogP contribution is -1.96. The Morgan fingerprint density at radius 1 is 1.31 bits per heavy atom. The fourth-order valence-electron chi connectivity index (χ4n) is 1.08. The maximum atomic E-state index is 8.40. The number of hydrogen-bond donors (Lipinski definition) is 1. The largest absolute Gasteiger partial charge is 0.371 e. The van der Waals surface area contributed by atoms with Gasteiger partial charge in [0.2, 0.25) is 0 Å². The van der Waals surface area contributed by atoms with Crippen molar-refractivity contribution in [3.8, 4) is 0 Å². The van der Waals surface area contributed by atoms with Crippen LogP contribution in [-0.2, 0) is 4.74 Å². The van der Waals surface area contributed by atoms with Gasteiger partial charge in [-0.1, -0.05) is 36.9 Å². The highest BCUT2D eigenvalue weighted by molar-refractivity contribution is 5.62. The monoisotopic (exact) mass is 178 g/mol. The number of hydrogen-bond acceptors (Lipinski definition) is 2. The highest BCUT2D eigenvalue weighted by Gasteiger charge is 1.96. The third-order valence-electron chi connectivity index (χ3n) is 1.82. The van der Waals surface area contributed by atoms with E-state index >= 15 is 0 Å². The van der Waals surface area contributed by atoms with Crippen LogP contribution in [0.15, 0.2) is 36.9 Å². The maximum absolute atomic E-state index is 8.40. The second-order valence-electron chi connectivity index (χ2n) is 2.76. The Hall–Kier alpha value is -1.12. The van der Waals surface area contributed by atoms with Gasteiger partial charge in [0.1, 0.15) is 6.79 Å². The van der Waals surface area contributed by atoms with E-state index in [9.17, 15) is 0 Å². The van der Waals surface area contributed by atoms with Crippen LogP contribution in [0.4, 0.5) is 0 Å². The van der Waals surface area contributed by atoms with Gasteiger partial charge < -0.3 is 9.84 Å². The van der Waals surface area contributed by atoms with Crippen molar-refractivity contribution in [3.05, 3.63) is 42.5 Å². The lowest BCUT2D eigenvalue weighted by atomic mass is 10.1. The van der Waals surface area contributed by atoms with E-state index in [2.05, 4.69) is 6.58 Å². The Morgan fingerprint density at radius 3 is 2.62 bits per heavy atom. The SMILES string of the molecule is C=C(CCOCO)c1ccccc1. The molecule has 0 amide bonds. The highest BCUT2D eigenvalue weighted by Crippen LogP contribution is 2.14. The van der Waals surface area contributed by atoms with E-state index in [-0.39, 0.29) is 6.79 Å². The van der Waals surface area contributed by atoms with E-state index in [1.807, 2.05) is 30.3 Å². The minimum absolute atomic E-state index is 0.220. The van der Waals surface area contributed by atoms with Crippen LogP contribution in [0.1, 0.15) is 12.0 Å². The van der Waals surface area contributed by atoms with Crippen LogP contribution in [0.2, 0.25) is 0 Å². The van der Waals surface area contributed by atoms with Gasteiger partial charge in [-0.05, 0) is 17.6 Å². The van der Waals surface area contributed by atoms with E-state index < -0.39 is 0 Å². The molecule has 0 saturated heterocycles. The average molecular weight is 178 g/mol.